The van der Waals surface area contributed by atoms with Crippen LogP contribution in [0.2, 0.25) is 0 Å². The molecule has 0 heterocycles. The van der Waals surface area contributed by atoms with Crippen LogP contribution in [-0.2, 0) is 24.0 Å². The van der Waals surface area contributed by atoms with Crippen molar-refractivity contribution in [2.24, 2.45) is 0 Å². The highest BCUT2D eigenvalue weighted by Gasteiger charge is 2.36. The molecule has 5 amide bonds. The molecule has 0 aliphatic carbocycles. The molecule has 0 aliphatic rings. The quantitative estimate of drug-likeness (QED) is 0.0171. The van der Waals surface area contributed by atoms with Gasteiger partial charge in [-0.3, -0.25) is 39.6 Å². The van der Waals surface area contributed by atoms with Gasteiger partial charge >= 0.3 is 0 Å². The summed E-state index contributed by atoms with van der Waals surface area (Å²) in [5.41, 5.74) is 0. The summed E-state index contributed by atoms with van der Waals surface area (Å²) in [6, 6.07) is 0. The number of unbranched alkanes of at least 4 members (excludes halogenated alkanes) is 50. The van der Waals surface area contributed by atoms with Crippen molar-refractivity contribution in [3.8, 4) is 0 Å². The van der Waals surface area contributed by atoms with E-state index >= 15 is 0 Å². The maximum atomic E-state index is 12.9. The zero-order valence-corrected chi connectivity index (χ0v) is 79.1. The summed E-state index contributed by atoms with van der Waals surface area (Å²) in [6.07, 6.45) is 92.9. The van der Waals surface area contributed by atoms with Gasteiger partial charge in [0.15, 0.2) is 0 Å². The van der Waals surface area contributed by atoms with Crippen molar-refractivity contribution < 1.29 is 64.4 Å². The van der Waals surface area contributed by atoms with Crippen LogP contribution in [0.15, 0.2) is 0 Å². The smallest absolute Gasteiger partial charge is 0.246 e. The van der Waals surface area contributed by atoms with Crippen molar-refractivity contribution in [1.29, 1.82) is 0 Å². The zero-order valence-electron chi connectivity index (χ0n) is 75.0. The number of halogens is 3. The highest BCUT2D eigenvalue weighted by molar-refractivity contribution is 7.76. The summed E-state index contributed by atoms with van der Waals surface area (Å²) in [7, 11) is -1.79. The third kappa shape index (κ3) is 76.3. The summed E-state index contributed by atoms with van der Waals surface area (Å²) in [6.45, 7) is 20.3. The van der Waals surface area contributed by atoms with Gasteiger partial charge in [0.05, 0.1) is 49.3 Å². The molecule has 0 aliphatic heterocycles. The molecule has 0 spiro atoms. The Hall–Kier alpha value is -1.08. The molecule has 0 aromatic carbocycles. The van der Waals surface area contributed by atoms with Crippen LogP contribution in [0.3, 0.4) is 0 Å². The predicted molar refractivity (Wildman–Crippen MR) is 483 cm³/mol. The molecule has 0 aromatic rings. The van der Waals surface area contributed by atoms with Gasteiger partial charge in [0.1, 0.15) is 0 Å². The fourth-order valence-corrected chi connectivity index (χ4v) is 26.2. The minimum absolute atomic E-state index is 0. The molecular formula is C93H189Cl3N6O8P2. The number of amides is 5. The van der Waals surface area contributed by atoms with E-state index in [2.05, 4.69) is 57.1 Å². The lowest BCUT2D eigenvalue weighted by Gasteiger charge is -2.28. The van der Waals surface area contributed by atoms with E-state index in [-0.39, 0.29) is 94.4 Å². The molecule has 0 rings (SSSR count). The van der Waals surface area contributed by atoms with E-state index in [1.165, 1.54) is 354 Å². The van der Waals surface area contributed by atoms with E-state index in [0.717, 1.165) is 37.3 Å². The molecule has 0 unspecified atom stereocenters. The predicted octanol–water partition coefficient (Wildman–Crippen LogP) is 21.1. The lowest BCUT2D eigenvalue weighted by molar-refractivity contribution is -0.166. The van der Waals surface area contributed by atoms with E-state index in [4.69, 9.17) is 0 Å². The van der Waals surface area contributed by atoms with Crippen molar-refractivity contribution in [2.75, 3.05) is 102 Å². The Bertz CT molecular complexity index is 1870. The number of hydrogen-bond donors (Lipinski definition) is 5. The van der Waals surface area contributed by atoms with E-state index in [9.17, 15) is 39.6 Å². The average molecular weight is 1690 g/mol. The van der Waals surface area contributed by atoms with Gasteiger partial charge in [0.2, 0.25) is 29.5 Å². The molecule has 0 saturated heterocycles. The topological polar surface area (TPSA) is 183 Å². The fourth-order valence-electron chi connectivity index (χ4n) is 16.4. The molecule has 112 heavy (non-hydrogen) atoms. The number of nitrogens with one attached hydrogen (secondary N) is 2. The number of carbonyl (C=O) groups excluding carboxylic acids is 5. The first-order valence-corrected chi connectivity index (χ1v) is 53.1. The number of nitrogens with zero attached hydrogens (tertiary/aromatic N) is 4. The Kier molecular flexibility index (Phi) is 93.4. The minimum Gasteiger partial charge on any atom is -1.00 e. The molecule has 0 aromatic heterocycles. The van der Waals surface area contributed by atoms with E-state index in [0.29, 0.717) is 55.3 Å². The first-order valence-electron chi connectivity index (χ1n) is 48.1. The van der Waals surface area contributed by atoms with Crippen LogP contribution in [0, 0.1) is 0 Å². The summed E-state index contributed by atoms with van der Waals surface area (Å²) >= 11 is 0. The normalized spacial score (nSPS) is 11.6. The number of carbonyl (C=O) groups is 5. The Morgan fingerprint density at radius 2 is 0.420 bits per heavy atom. The maximum Gasteiger partial charge on any atom is 0.246 e. The third-order valence-electron chi connectivity index (χ3n) is 23.8. The van der Waals surface area contributed by atoms with Gasteiger partial charge in [-0.2, -0.15) is 0 Å². The summed E-state index contributed by atoms with van der Waals surface area (Å²) < 4.78 is 0. The molecule has 14 nitrogen and oxygen atoms in total. The second kappa shape index (κ2) is 89.2. The number of hydrogen-bond acceptors (Lipinski definition) is 9. The highest BCUT2D eigenvalue weighted by atomic mass is 35.5. The van der Waals surface area contributed by atoms with E-state index < -0.39 is 32.2 Å². The molecule has 0 saturated carbocycles. The lowest BCUT2D eigenvalue weighted by Crippen LogP contribution is -3.00. The van der Waals surface area contributed by atoms with Crippen molar-refractivity contribution in [3.63, 3.8) is 0 Å². The molecule has 0 fully saturated rings. The zero-order chi connectivity index (χ0) is 79.9. The van der Waals surface area contributed by atoms with Crippen molar-refractivity contribution in [2.45, 2.75) is 466 Å². The Labute approximate surface area is 714 Å². The van der Waals surface area contributed by atoms with Crippen LogP contribution < -0.4 is 35.4 Å². The summed E-state index contributed by atoms with van der Waals surface area (Å²) in [4.78, 5) is 63.9. The van der Waals surface area contributed by atoms with Gasteiger partial charge in [-0.05, 0) is 187 Å². The minimum atomic E-state index is -0.894. The second-order valence-electron chi connectivity index (χ2n) is 34.1. The summed E-state index contributed by atoms with van der Waals surface area (Å²) in [5.74, 6) is -1.90. The van der Waals surface area contributed by atoms with Crippen molar-refractivity contribution in [3.05, 3.63) is 0 Å². The van der Waals surface area contributed by atoms with Crippen LogP contribution in [0.5, 0.6) is 0 Å². The Morgan fingerprint density at radius 3 is 0.643 bits per heavy atom. The van der Waals surface area contributed by atoms with E-state index in [1.54, 1.807) is 49.3 Å². The SMILES string of the molecule is CCCCCCCC[P+](CCCCCCCC)(CCCCCCCC)CCCCCCCCCCN(CCCCCCCCCC[P+](CCCCCCCC)(CCCCCCCC)CCCCCCCC)CCCCCN(O)C(=O)CCC(=O)NCCCCCN(O)C(=O)CCC(=O)NCCCCCN(O)C(C)=O.Cl.[Cl-].[Cl-]. The van der Waals surface area contributed by atoms with Gasteiger partial charge in [0, 0.05) is 79.9 Å². The van der Waals surface area contributed by atoms with Crippen LogP contribution >= 0.6 is 26.9 Å². The first-order chi connectivity index (χ1) is 53.2. The Balaban J connectivity index is -0.0000194. The van der Waals surface area contributed by atoms with Gasteiger partial charge in [-0.1, -0.05) is 266 Å². The van der Waals surface area contributed by atoms with Gasteiger partial charge in [-0.25, -0.2) is 15.2 Å². The number of rotatable bonds is 88. The molecule has 0 bridgehead atoms. The van der Waals surface area contributed by atoms with E-state index in [1.807, 2.05) is 0 Å². The fraction of sp³-hybridized carbons (Fsp3) is 0.946. The monoisotopic (exact) mass is 1690 g/mol. The van der Waals surface area contributed by atoms with Crippen LogP contribution in [-0.4, -0.2) is 167 Å². The molecule has 0 atom stereocenters. The molecular weight excluding hydrogens is 1500 g/mol. The molecule has 19 heteroatoms. The lowest BCUT2D eigenvalue weighted by atomic mass is 10.1. The van der Waals surface area contributed by atoms with Gasteiger partial charge < -0.3 is 40.3 Å². The highest BCUT2D eigenvalue weighted by Crippen LogP contribution is 2.63. The third-order valence-corrected chi connectivity index (χ3v) is 33.9. The maximum absolute atomic E-state index is 12.9. The van der Waals surface area contributed by atoms with Crippen LogP contribution in [0.4, 0.5) is 0 Å². The van der Waals surface area contributed by atoms with Gasteiger partial charge in [0.25, 0.3) is 0 Å². The molecule has 670 valence electrons. The average Bonchev–Trinajstić information content (AvgIpc) is 0.874. The van der Waals surface area contributed by atoms with Crippen LogP contribution in [0.1, 0.15) is 466 Å². The standard InChI is InChI=1S/C93H186N6O8P2.3ClH/c1-8-14-20-26-42-61-81-108(82-62-43-27-21-15-9-2,83-63-44-28-22-16-10-3)87-67-48-38-34-32-36-40-55-75-96(76-56-41-37-33-35-39-49-68-88-109(84-64-45-29-23-17-11-4,85-65-46-30-24-18-12-5)86-66-47-31-25-19-13-6)77-57-52-60-80-99(107)93(104)72-70-91(102)95-74-54-51-59-79-98(106)92(103)71-69-90(101)94-73-53-50-58-78-97(105)89(7)100;;;/h105-107H,8-88H2,1-7H3;3*1H. The second-order valence-corrected chi connectivity index (χ2v) is 43.1. The van der Waals surface area contributed by atoms with Crippen LogP contribution in [0.25, 0.3) is 0 Å². The molecule has 0 radical (unpaired) electrons. The van der Waals surface area contributed by atoms with Crippen molar-refractivity contribution >= 4 is 56.5 Å². The summed E-state index contributed by atoms with van der Waals surface area (Å²) in [5, 5.41) is 38.1. The Morgan fingerprint density at radius 1 is 0.241 bits per heavy atom. The largest absolute Gasteiger partial charge is 1.00 e. The first kappa shape index (κ1) is 117. The van der Waals surface area contributed by atoms with Gasteiger partial charge in [-0.15, -0.1) is 12.4 Å². The molecule has 5 N–H and O–H groups in total. The van der Waals surface area contributed by atoms with Crippen molar-refractivity contribution in [1.82, 2.24) is 30.7 Å². The number of hydroxylamine groups is 6.